The van der Waals surface area contributed by atoms with Gasteiger partial charge in [-0.1, -0.05) is 55.5 Å². The number of hydrogen-bond acceptors (Lipinski definition) is 3. The molecule has 0 aliphatic carbocycles. The van der Waals surface area contributed by atoms with E-state index in [0.29, 0.717) is 5.92 Å². The molecule has 1 aliphatic heterocycles. The number of fused-ring (bicyclic) bond motifs is 1. The van der Waals surface area contributed by atoms with Crippen LogP contribution in [0.15, 0.2) is 65.1 Å². The SMILES string of the molecule is CC(C(=O)NC(c1ccccc1)c1cc2ccccc2o1)C1CNC1.Cl. The fourth-order valence-corrected chi connectivity index (χ4v) is 3.26. The summed E-state index contributed by atoms with van der Waals surface area (Å²) < 4.78 is 6.04. The highest BCUT2D eigenvalue weighted by molar-refractivity contribution is 5.85. The van der Waals surface area contributed by atoms with Gasteiger partial charge in [0.15, 0.2) is 0 Å². The maximum absolute atomic E-state index is 12.8. The van der Waals surface area contributed by atoms with Crippen molar-refractivity contribution in [3.8, 4) is 0 Å². The van der Waals surface area contributed by atoms with Crippen LogP contribution in [0.2, 0.25) is 0 Å². The molecular formula is C21H23ClN2O2. The summed E-state index contributed by atoms with van der Waals surface area (Å²) in [5, 5.41) is 7.48. The number of rotatable bonds is 5. The van der Waals surface area contributed by atoms with Gasteiger partial charge in [0, 0.05) is 11.3 Å². The molecule has 1 fully saturated rings. The Kier molecular flexibility index (Phi) is 5.64. The van der Waals surface area contributed by atoms with E-state index in [4.69, 9.17) is 4.42 Å². The van der Waals surface area contributed by atoms with Crippen LogP contribution in [-0.4, -0.2) is 19.0 Å². The minimum absolute atomic E-state index is 0. The molecule has 0 saturated carbocycles. The van der Waals surface area contributed by atoms with Crippen molar-refractivity contribution in [1.29, 1.82) is 0 Å². The van der Waals surface area contributed by atoms with Crippen molar-refractivity contribution >= 4 is 29.3 Å². The standard InChI is InChI=1S/C21H22N2O2.ClH/c1-14(17-12-22-13-17)21(24)23-20(15-7-3-2-4-8-15)19-11-16-9-5-6-10-18(16)25-19;/h2-11,14,17,20,22H,12-13H2,1H3,(H,23,24);1H. The van der Waals surface area contributed by atoms with Crippen LogP contribution in [0.1, 0.15) is 24.3 Å². The summed E-state index contributed by atoms with van der Waals surface area (Å²) >= 11 is 0. The van der Waals surface area contributed by atoms with Gasteiger partial charge in [-0.05, 0) is 36.7 Å². The van der Waals surface area contributed by atoms with Gasteiger partial charge in [0.05, 0.1) is 0 Å². The summed E-state index contributed by atoms with van der Waals surface area (Å²) in [6, 6.07) is 19.6. The van der Waals surface area contributed by atoms with Crippen molar-refractivity contribution in [3.05, 3.63) is 72.0 Å². The van der Waals surface area contributed by atoms with Gasteiger partial charge in [-0.3, -0.25) is 4.79 Å². The first-order valence-electron chi connectivity index (χ1n) is 8.77. The fourth-order valence-electron chi connectivity index (χ4n) is 3.26. The highest BCUT2D eigenvalue weighted by Crippen LogP contribution is 2.29. The minimum atomic E-state index is -0.281. The van der Waals surface area contributed by atoms with Crippen LogP contribution >= 0.6 is 12.4 Å². The van der Waals surface area contributed by atoms with Crippen LogP contribution in [0.3, 0.4) is 0 Å². The van der Waals surface area contributed by atoms with Gasteiger partial charge in [0.1, 0.15) is 17.4 Å². The topological polar surface area (TPSA) is 54.3 Å². The first-order valence-corrected chi connectivity index (χ1v) is 8.77. The molecule has 2 N–H and O–H groups in total. The van der Waals surface area contributed by atoms with Crippen molar-refractivity contribution < 1.29 is 9.21 Å². The van der Waals surface area contributed by atoms with Crippen LogP contribution in [0.25, 0.3) is 11.0 Å². The normalized spacial score (nSPS) is 16.3. The largest absolute Gasteiger partial charge is 0.459 e. The van der Waals surface area contributed by atoms with Gasteiger partial charge in [-0.2, -0.15) is 0 Å². The molecule has 1 aromatic heterocycles. The number of para-hydroxylation sites is 1. The smallest absolute Gasteiger partial charge is 0.224 e. The van der Waals surface area contributed by atoms with Gasteiger partial charge < -0.3 is 15.1 Å². The fraction of sp³-hybridized carbons (Fsp3) is 0.286. The number of amides is 1. The number of furan rings is 1. The first kappa shape index (κ1) is 18.5. The second kappa shape index (κ2) is 7.94. The molecule has 4 nitrogen and oxygen atoms in total. The maximum atomic E-state index is 12.8. The van der Waals surface area contributed by atoms with Gasteiger partial charge in [-0.15, -0.1) is 12.4 Å². The molecule has 2 heterocycles. The van der Waals surface area contributed by atoms with Gasteiger partial charge in [0.25, 0.3) is 0 Å². The van der Waals surface area contributed by atoms with Crippen molar-refractivity contribution in [1.82, 2.24) is 10.6 Å². The minimum Gasteiger partial charge on any atom is -0.459 e. The molecule has 136 valence electrons. The summed E-state index contributed by atoms with van der Waals surface area (Å²) in [4.78, 5) is 12.8. The Morgan fingerprint density at radius 1 is 1.12 bits per heavy atom. The molecule has 26 heavy (non-hydrogen) atoms. The van der Waals surface area contributed by atoms with E-state index in [0.717, 1.165) is 35.4 Å². The van der Waals surface area contributed by atoms with Crippen molar-refractivity contribution in [2.45, 2.75) is 13.0 Å². The van der Waals surface area contributed by atoms with Crippen molar-refractivity contribution in [3.63, 3.8) is 0 Å². The molecule has 1 aliphatic rings. The number of hydrogen-bond donors (Lipinski definition) is 2. The average molecular weight is 371 g/mol. The van der Waals surface area contributed by atoms with E-state index in [1.54, 1.807) is 0 Å². The van der Waals surface area contributed by atoms with E-state index >= 15 is 0 Å². The molecule has 3 aromatic rings. The van der Waals surface area contributed by atoms with Crippen LogP contribution in [0.5, 0.6) is 0 Å². The van der Waals surface area contributed by atoms with E-state index in [9.17, 15) is 4.79 Å². The second-order valence-electron chi connectivity index (χ2n) is 6.75. The summed E-state index contributed by atoms with van der Waals surface area (Å²) in [7, 11) is 0. The molecular weight excluding hydrogens is 348 g/mol. The Morgan fingerprint density at radius 3 is 2.46 bits per heavy atom. The molecule has 4 rings (SSSR count). The quantitative estimate of drug-likeness (QED) is 0.715. The zero-order chi connectivity index (χ0) is 17.2. The van der Waals surface area contributed by atoms with Gasteiger partial charge in [0.2, 0.25) is 5.91 Å². The molecule has 2 atom stereocenters. The molecule has 0 bridgehead atoms. The summed E-state index contributed by atoms with van der Waals surface area (Å²) in [6.45, 7) is 3.83. The van der Waals surface area contributed by atoms with E-state index in [-0.39, 0.29) is 30.3 Å². The van der Waals surface area contributed by atoms with E-state index < -0.39 is 0 Å². The molecule has 1 amide bonds. The van der Waals surface area contributed by atoms with E-state index in [1.807, 2.05) is 67.6 Å². The highest BCUT2D eigenvalue weighted by Gasteiger charge is 2.31. The van der Waals surface area contributed by atoms with Gasteiger partial charge >= 0.3 is 0 Å². The summed E-state index contributed by atoms with van der Waals surface area (Å²) in [5.41, 5.74) is 1.86. The average Bonchev–Trinajstić information content (AvgIpc) is 3.02. The predicted octanol–water partition coefficient (Wildman–Crippen LogP) is 3.92. The maximum Gasteiger partial charge on any atom is 0.224 e. The summed E-state index contributed by atoms with van der Waals surface area (Å²) in [6.07, 6.45) is 0. The zero-order valence-corrected chi connectivity index (χ0v) is 15.5. The molecule has 2 aromatic carbocycles. The summed E-state index contributed by atoms with van der Waals surface area (Å²) in [5.74, 6) is 1.23. The Labute approximate surface area is 159 Å². The van der Waals surface area contributed by atoms with Crippen LogP contribution in [0, 0.1) is 11.8 Å². The monoisotopic (exact) mass is 370 g/mol. The lowest BCUT2D eigenvalue weighted by molar-refractivity contribution is -0.127. The third kappa shape index (κ3) is 3.62. The third-order valence-electron chi connectivity index (χ3n) is 5.08. The number of halogens is 1. The molecule has 2 unspecified atom stereocenters. The lowest BCUT2D eigenvalue weighted by Gasteiger charge is -2.32. The van der Waals surface area contributed by atoms with Crippen molar-refractivity contribution in [2.75, 3.05) is 13.1 Å². The van der Waals surface area contributed by atoms with Crippen LogP contribution in [0.4, 0.5) is 0 Å². The van der Waals surface area contributed by atoms with E-state index in [2.05, 4.69) is 10.6 Å². The Hall–Kier alpha value is -2.30. The highest BCUT2D eigenvalue weighted by atomic mass is 35.5. The lowest BCUT2D eigenvalue weighted by atomic mass is 9.88. The third-order valence-corrected chi connectivity index (χ3v) is 5.08. The number of nitrogens with one attached hydrogen (secondary N) is 2. The van der Waals surface area contributed by atoms with Crippen LogP contribution < -0.4 is 10.6 Å². The Bertz CT molecular complexity index is 841. The van der Waals surface area contributed by atoms with Crippen LogP contribution in [-0.2, 0) is 4.79 Å². The Morgan fingerprint density at radius 2 is 1.81 bits per heavy atom. The molecule has 1 saturated heterocycles. The van der Waals surface area contributed by atoms with Crippen molar-refractivity contribution in [2.24, 2.45) is 11.8 Å². The first-order chi connectivity index (χ1) is 12.2. The number of carbonyl (C=O) groups excluding carboxylic acids is 1. The van der Waals surface area contributed by atoms with Gasteiger partial charge in [-0.25, -0.2) is 0 Å². The number of carbonyl (C=O) groups is 1. The zero-order valence-electron chi connectivity index (χ0n) is 14.6. The lowest BCUT2D eigenvalue weighted by Crippen LogP contribution is -2.50. The Balaban J connectivity index is 0.00000196. The van der Waals surface area contributed by atoms with E-state index in [1.165, 1.54) is 0 Å². The number of benzene rings is 2. The molecule has 0 spiro atoms. The predicted molar refractivity (Wildman–Crippen MR) is 105 cm³/mol. The molecule has 5 heteroatoms. The second-order valence-corrected chi connectivity index (χ2v) is 6.75. The molecule has 0 radical (unpaired) electrons.